The number of nitrogens with zero attached hydrogens (tertiary/aromatic N) is 5. The Hall–Kier alpha value is -2.29. The van der Waals surface area contributed by atoms with Crippen LogP contribution in [-0.4, -0.2) is 37.8 Å². The molecular weight excluding hydrogens is 278 g/mol. The molecule has 2 aromatic rings. The summed E-state index contributed by atoms with van der Waals surface area (Å²) < 4.78 is 12.2. The molecule has 0 saturated carbocycles. The van der Waals surface area contributed by atoms with Gasteiger partial charge in [-0.25, -0.2) is 0 Å². The van der Waals surface area contributed by atoms with Gasteiger partial charge >= 0.3 is 5.82 Å². The summed E-state index contributed by atoms with van der Waals surface area (Å²) in [5, 5.41) is 15.0. The maximum Gasteiger partial charge on any atom is 0.393 e. The second-order valence-corrected chi connectivity index (χ2v) is 4.99. The quantitative estimate of drug-likeness (QED) is 0.624. The van der Waals surface area contributed by atoms with Gasteiger partial charge in [0.05, 0.1) is 0 Å². The molecule has 112 valence electrons. The summed E-state index contributed by atoms with van der Waals surface area (Å²) in [6, 6.07) is 0. The van der Waals surface area contributed by atoms with Crippen LogP contribution in [0.15, 0.2) is 4.52 Å². The third-order valence-corrected chi connectivity index (χ3v) is 3.70. The summed E-state index contributed by atoms with van der Waals surface area (Å²) in [4.78, 5) is 18.8. The van der Waals surface area contributed by atoms with Crippen molar-refractivity contribution in [3.63, 3.8) is 0 Å². The number of rotatable bonds is 3. The van der Waals surface area contributed by atoms with E-state index in [1.165, 1.54) is 0 Å². The van der Waals surface area contributed by atoms with Gasteiger partial charge in [0, 0.05) is 33.1 Å². The van der Waals surface area contributed by atoms with Crippen LogP contribution in [0.5, 0.6) is 0 Å². The van der Waals surface area contributed by atoms with Crippen LogP contribution in [0.25, 0.3) is 11.5 Å². The number of hydrogen-bond donors (Lipinski definition) is 0. The monoisotopic (exact) mass is 293 g/mol. The van der Waals surface area contributed by atoms with Crippen molar-refractivity contribution in [2.75, 3.05) is 13.2 Å². The van der Waals surface area contributed by atoms with Gasteiger partial charge in [-0.1, -0.05) is 5.16 Å². The van der Waals surface area contributed by atoms with E-state index in [9.17, 15) is 10.1 Å². The lowest BCUT2D eigenvalue weighted by atomic mass is 10.0. The van der Waals surface area contributed by atoms with Crippen molar-refractivity contribution in [2.24, 2.45) is 7.05 Å². The first-order chi connectivity index (χ1) is 10.1. The smallest absolute Gasteiger partial charge is 0.381 e. The maximum atomic E-state index is 11.1. The van der Waals surface area contributed by atoms with Crippen molar-refractivity contribution >= 4 is 5.82 Å². The Morgan fingerprint density at radius 3 is 2.71 bits per heavy atom. The molecule has 1 aliphatic rings. The zero-order chi connectivity index (χ0) is 15.0. The van der Waals surface area contributed by atoms with E-state index in [1.807, 2.05) is 0 Å². The molecule has 0 aliphatic carbocycles. The molecule has 1 fully saturated rings. The summed E-state index contributed by atoms with van der Waals surface area (Å²) in [6.07, 6.45) is 1.63. The van der Waals surface area contributed by atoms with Gasteiger partial charge in [0.15, 0.2) is 5.69 Å². The molecule has 3 rings (SSSR count). The fourth-order valence-electron chi connectivity index (χ4n) is 2.41. The molecule has 0 amide bonds. The summed E-state index contributed by atoms with van der Waals surface area (Å²) in [6.45, 7) is 3.01. The molecule has 0 N–H and O–H groups in total. The van der Waals surface area contributed by atoms with Crippen molar-refractivity contribution in [2.45, 2.75) is 25.7 Å². The summed E-state index contributed by atoms with van der Waals surface area (Å²) in [5.41, 5.74) is 0.263. The van der Waals surface area contributed by atoms with Gasteiger partial charge in [0.1, 0.15) is 0 Å². The van der Waals surface area contributed by atoms with Gasteiger partial charge in [0.25, 0.3) is 0 Å². The Kier molecular flexibility index (Phi) is 3.42. The minimum Gasteiger partial charge on any atom is -0.381 e. The van der Waals surface area contributed by atoms with Crippen molar-refractivity contribution in [1.29, 1.82) is 0 Å². The van der Waals surface area contributed by atoms with Crippen molar-refractivity contribution < 1.29 is 14.2 Å². The highest BCUT2D eigenvalue weighted by molar-refractivity contribution is 5.61. The third kappa shape index (κ3) is 2.40. The van der Waals surface area contributed by atoms with E-state index in [-0.39, 0.29) is 23.3 Å². The van der Waals surface area contributed by atoms with Gasteiger partial charge in [-0.3, -0.25) is 0 Å². The van der Waals surface area contributed by atoms with Gasteiger partial charge in [-0.2, -0.15) is 4.98 Å². The Morgan fingerprint density at radius 1 is 1.33 bits per heavy atom. The van der Waals surface area contributed by atoms with E-state index in [1.54, 1.807) is 18.5 Å². The van der Waals surface area contributed by atoms with Crippen molar-refractivity contribution in [3.05, 3.63) is 21.8 Å². The maximum absolute atomic E-state index is 11.1. The Bertz CT molecular complexity index is 671. The molecule has 0 atom stereocenters. The topological polar surface area (TPSA) is 109 Å². The van der Waals surface area contributed by atoms with E-state index >= 15 is 0 Å². The molecule has 9 heteroatoms. The second-order valence-electron chi connectivity index (χ2n) is 4.99. The summed E-state index contributed by atoms with van der Waals surface area (Å²) in [5.74, 6) is 1.12. The Morgan fingerprint density at radius 2 is 2.05 bits per heavy atom. The molecule has 0 aromatic carbocycles. The minimum absolute atomic E-state index is 0.147. The average Bonchev–Trinajstić information content (AvgIpc) is 3.06. The second kappa shape index (κ2) is 5.24. The van der Waals surface area contributed by atoms with E-state index in [4.69, 9.17) is 9.26 Å². The number of imidazole rings is 1. The lowest BCUT2D eigenvalue weighted by Crippen LogP contribution is -2.14. The number of aromatic nitrogens is 4. The molecule has 0 unspecified atom stereocenters. The number of nitro groups is 1. The predicted octanol–water partition coefficient (Wildman–Crippen LogP) is 1.58. The lowest BCUT2D eigenvalue weighted by molar-refractivity contribution is -0.388. The Labute approximate surface area is 120 Å². The van der Waals surface area contributed by atoms with Crippen molar-refractivity contribution in [3.8, 4) is 11.5 Å². The number of hydrogen-bond acceptors (Lipinski definition) is 7. The van der Waals surface area contributed by atoms with E-state index in [0.717, 1.165) is 12.8 Å². The number of aryl methyl sites for hydroxylation is 1. The van der Waals surface area contributed by atoms with Crippen LogP contribution in [0, 0.1) is 17.0 Å². The van der Waals surface area contributed by atoms with Gasteiger partial charge < -0.3 is 23.9 Å². The first-order valence-electron chi connectivity index (χ1n) is 6.67. The van der Waals surface area contributed by atoms with Gasteiger partial charge in [0.2, 0.25) is 17.5 Å². The van der Waals surface area contributed by atoms with E-state index < -0.39 is 4.92 Å². The molecule has 9 nitrogen and oxygen atoms in total. The molecule has 0 spiro atoms. The van der Waals surface area contributed by atoms with Gasteiger partial charge in [-0.05, 0) is 22.7 Å². The van der Waals surface area contributed by atoms with E-state index in [2.05, 4.69) is 15.1 Å². The highest BCUT2D eigenvalue weighted by Crippen LogP contribution is 2.31. The third-order valence-electron chi connectivity index (χ3n) is 3.70. The van der Waals surface area contributed by atoms with E-state index in [0.29, 0.717) is 24.9 Å². The Balaban J connectivity index is 1.98. The fourth-order valence-corrected chi connectivity index (χ4v) is 2.41. The first-order valence-corrected chi connectivity index (χ1v) is 6.67. The largest absolute Gasteiger partial charge is 0.393 e. The van der Waals surface area contributed by atoms with Crippen LogP contribution in [-0.2, 0) is 11.8 Å². The fraction of sp³-hybridized carbons (Fsp3) is 0.583. The normalized spacial score (nSPS) is 16.3. The molecule has 21 heavy (non-hydrogen) atoms. The van der Waals surface area contributed by atoms with Crippen LogP contribution >= 0.6 is 0 Å². The predicted molar refractivity (Wildman–Crippen MR) is 70.7 cm³/mol. The van der Waals surface area contributed by atoms with Crippen LogP contribution in [0.3, 0.4) is 0 Å². The van der Waals surface area contributed by atoms with Crippen LogP contribution in [0.4, 0.5) is 5.82 Å². The molecule has 0 radical (unpaired) electrons. The molecule has 1 aliphatic heterocycles. The van der Waals surface area contributed by atoms with Crippen molar-refractivity contribution in [1.82, 2.24) is 19.7 Å². The molecule has 3 heterocycles. The zero-order valence-corrected chi connectivity index (χ0v) is 11.8. The van der Waals surface area contributed by atoms with Crippen LogP contribution in [0.1, 0.15) is 30.5 Å². The first kappa shape index (κ1) is 13.7. The number of ether oxygens (including phenoxy) is 1. The SMILES string of the molecule is Cc1nc([N+](=O)[O-])c(-c2noc(C3CCOCC3)n2)n1C. The zero-order valence-electron chi connectivity index (χ0n) is 11.8. The molecule has 2 aromatic heterocycles. The highest BCUT2D eigenvalue weighted by atomic mass is 16.6. The summed E-state index contributed by atoms with van der Waals surface area (Å²) in [7, 11) is 1.69. The van der Waals surface area contributed by atoms with Crippen LogP contribution in [0.2, 0.25) is 0 Å². The lowest BCUT2D eigenvalue weighted by Gasteiger charge is -2.17. The standard InChI is InChI=1S/C12H15N5O4/c1-7-13-11(17(18)19)9(16(7)2)10-14-12(21-15-10)8-3-5-20-6-4-8/h8H,3-6H2,1-2H3. The molecular formula is C12H15N5O4. The highest BCUT2D eigenvalue weighted by Gasteiger charge is 2.30. The van der Waals surface area contributed by atoms with Gasteiger partial charge in [-0.15, -0.1) is 0 Å². The minimum atomic E-state index is -0.535. The summed E-state index contributed by atoms with van der Waals surface area (Å²) >= 11 is 0. The molecule has 1 saturated heterocycles. The van der Waals surface area contributed by atoms with Crippen LogP contribution < -0.4 is 0 Å². The molecule has 0 bridgehead atoms. The average molecular weight is 293 g/mol.